The molecule has 0 radical (unpaired) electrons. The van der Waals surface area contributed by atoms with Gasteiger partial charge in [-0.1, -0.05) is 42.5 Å². The molecule has 6 heteroatoms. The summed E-state index contributed by atoms with van der Waals surface area (Å²) in [5.74, 6) is 1.37. The first kappa shape index (κ1) is 19.3. The number of aliphatic imine (C=N–C) groups is 1. The molecule has 0 saturated heterocycles. The van der Waals surface area contributed by atoms with Gasteiger partial charge < -0.3 is 20.3 Å². The number of amides is 1. The van der Waals surface area contributed by atoms with E-state index in [0.29, 0.717) is 19.0 Å². The lowest BCUT2D eigenvalue weighted by Crippen LogP contribution is -2.42. The zero-order chi connectivity index (χ0) is 18.8. The molecule has 0 bridgehead atoms. The topological polar surface area (TPSA) is 66.0 Å². The van der Waals surface area contributed by atoms with Gasteiger partial charge in [-0.2, -0.15) is 0 Å². The summed E-state index contributed by atoms with van der Waals surface area (Å²) < 4.78 is 5.24. The number of likely N-dealkylation sites (N-methyl/N-ethyl adjacent to an activating group) is 1. The molecule has 0 spiro atoms. The summed E-state index contributed by atoms with van der Waals surface area (Å²) in [7, 11) is 5.10. The fourth-order valence-electron chi connectivity index (χ4n) is 2.21. The monoisotopic (exact) mass is 354 g/mol. The highest BCUT2D eigenvalue weighted by atomic mass is 16.5. The third-order valence-corrected chi connectivity index (χ3v) is 3.76. The number of nitrogens with one attached hydrogen (secondary N) is 2. The van der Waals surface area contributed by atoms with Crippen LogP contribution in [0.4, 0.5) is 0 Å². The lowest BCUT2D eigenvalue weighted by molar-refractivity contribution is -0.127. The van der Waals surface area contributed by atoms with Gasteiger partial charge in [0.15, 0.2) is 5.96 Å². The molecule has 2 rings (SSSR count). The minimum Gasteiger partial charge on any atom is -0.497 e. The van der Waals surface area contributed by atoms with Crippen molar-refractivity contribution in [3.05, 3.63) is 65.7 Å². The molecule has 6 nitrogen and oxygen atoms in total. The average molecular weight is 354 g/mol. The van der Waals surface area contributed by atoms with Crippen LogP contribution in [0, 0.1) is 0 Å². The Morgan fingerprint density at radius 1 is 1.04 bits per heavy atom. The molecule has 0 aromatic heterocycles. The molecule has 0 saturated carbocycles. The van der Waals surface area contributed by atoms with Crippen molar-refractivity contribution in [2.45, 2.75) is 13.1 Å². The number of hydrogen-bond donors (Lipinski definition) is 2. The maximum Gasteiger partial charge on any atom is 0.241 e. The number of carbonyl (C=O) groups excluding carboxylic acids is 1. The molecule has 1 amide bonds. The van der Waals surface area contributed by atoms with E-state index in [4.69, 9.17) is 4.74 Å². The predicted octanol–water partition coefficient (Wildman–Crippen LogP) is 2.02. The molecule has 138 valence electrons. The van der Waals surface area contributed by atoms with Crippen LogP contribution in [0.2, 0.25) is 0 Å². The van der Waals surface area contributed by atoms with Crippen molar-refractivity contribution in [1.29, 1.82) is 0 Å². The molecule has 0 heterocycles. The Labute approximate surface area is 154 Å². The summed E-state index contributed by atoms with van der Waals surface area (Å²) in [6.07, 6.45) is 0. The Morgan fingerprint density at radius 3 is 2.46 bits per heavy atom. The smallest absolute Gasteiger partial charge is 0.241 e. The van der Waals surface area contributed by atoms with Crippen LogP contribution >= 0.6 is 0 Å². The molecule has 2 N–H and O–H groups in total. The van der Waals surface area contributed by atoms with E-state index < -0.39 is 0 Å². The first-order chi connectivity index (χ1) is 12.6. The molecule has 0 fully saturated rings. The number of ether oxygens (including phenoxy) is 1. The van der Waals surface area contributed by atoms with Gasteiger partial charge in [-0.05, 0) is 23.3 Å². The van der Waals surface area contributed by atoms with Crippen LogP contribution in [0.15, 0.2) is 59.6 Å². The van der Waals surface area contributed by atoms with Gasteiger partial charge in [0.2, 0.25) is 5.91 Å². The second-order valence-electron chi connectivity index (χ2n) is 6.00. The average Bonchev–Trinajstić information content (AvgIpc) is 2.68. The van der Waals surface area contributed by atoms with Crippen molar-refractivity contribution in [1.82, 2.24) is 15.5 Å². The van der Waals surface area contributed by atoms with E-state index in [0.717, 1.165) is 16.9 Å². The Balaban J connectivity index is 2.03. The van der Waals surface area contributed by atoms with E-state index in [-0.39, 0.29) is 12.5 Å². The summed E-state index contributed by atoms with van der Waals surface area (Å²) in [6.45, 7) is 1.30. The zero-order valence-electron chi connectivity index (χ0n) is 15.5. The fraction of sp³-hybridized carbons (Fsp3) is 0.300. The molecule has 2 aromatic carbocycles. The van der Waals surface area contributed by atoms with Gasteiger partial charge in [-0.15, -0.1) is 0 Å². The van der Waals surface area contributed by atoms with E-state index >= 15 is 0 Å². The number of rotatable bonds is 7. The van der Waals surface area contributed by atoms with E-state index in [2.05, 4.69) is 15.6 Å². The van der Waals surface area contributed by atoms with Gasteiger partial charge >= 0.3 is 0 Å². The summed E-state index contributed by atoms with van der Waals surface area (Å²) in [4.78, 5) is 18.0. The quantitative estimate of drug-likeness (QED) is 0.590. The Kier molecular flexibility index (Phi) is 7.49. The highest BCUT2D eigenvalue weighted by molar-refractivity contribution is 5.86. The Hall–Kier alpha value is -3.02. The molecule has 26 heavy (non-hydrogen) atoms. The standard InChI is InChI=1S/C20H26N4O2/c1-24(2)19(25)15-23-20(21-13-16-8-5-4-6-9-16)22-14-17-10-7-11-18(12-17)26-3/h4-12H,13-15H2,1-3H3,(H2,21,22,23). The van der Waals surface area contributed by atoms with Gasteiger partial charge in [0.05, 0.1) is 20.2 Å². The number of nitrogens with zero attached hydrogens (tertiary/aromatic N) is 2. The number of benzene rings is 2. The van der Waals surface area contributed by atoms with Crippen LogP contribution in [0.3, 0.4) is 0 Å². The molecular weight excluding hydrogens is 328 g/mol. The second kappa shape index (κ2) is 10.1. The maximum atomic E-state index is 11.8. The first-order valence-corrected chi connectivity index (χ1v) is 8.47. The molecule has 2 aromatic rings. The van der Waals surface area contributed by atoms with Crippen LogP contribution in [0.5, 0.6) is 5.75 Å². The van der Waals surface area contributed by atoms with Gasteiger partial charge in [0, 0.05) is 20.6 Å². The van der Waals surface area contributed by atoms with Crippen molar-refractivity contribution < 1.29 is 9.53 Å². The number of carbonyl (C=O) groups is 1. The highest BCUT2D eigenvalue weighted by Crippen LogP contribution is 2.13. The summed E-state index contributed by atoms with van der Waals surface area (Å²) in [5.41, 5.74) is 2.17. The third kappa shape index (κ3) is 6.47. The van der Waals surface area contributed by atoms with Gasteiger partial charge in [-0.3, -0.25) is 4.79 Å². The summed E-state index contributed by atoms with van der Waals surface area (Å²) in [5, 5.41) is 6.35. The third-order valence-electron chi connectivity index (χ3n) is 3.76. The molecular formula is C20H26N4O2. The predicted molar refractivity (Wildman–Crippen MR) is 104 cm³/mol. The van der Waals surface area contributed by atoms with Gasteiger partial charge in [-0.25, -0.2) is 4.99 Å². The largest absolute Gasteiger partial charge is 0.497 e. The van der Waals surface area contributed by atoms with E-state index in [1.807, 2.05) is 54.6 Å². The van der Waals surface area contributed by atoms with Crippen molar-refractivity contribution in [3.63, 3.8) is 0 Å². The SMILES string of the molecule is COc1cccc(CN=C(NCC(=O)N(C)C)NCc2ccccc2)c1. The van der Waals surface area contributed by atoms with E-state index in [1.165, 1.54) is 0 Å². The Morgan fingerprint density at radius 2 is 1.77 bits per heavy atom. The molecule has 0 aliphatic heterocycles. The highest BCUT2D eigenvalue weighted by Gasteiger charge is 2.06. The fourth-order valence-corrected chi connectivity index (χ4v) is 2.21. The normalized spacial score (nSPS) is 11.0. The van der Waals surface area contributed by atoms with Crippen LogP contribution in [-0.4, -0.2) is 44.5 Å². The maximum absolute atomic E-state index is 11.8. The van der Waals surface area contributed by atoms with Crippen LogP contribution in [0.25, 0.3) is 0 Å². The second-order valence-corrected chi connectivity index (χ2v) is 6.00. The first-order valence-electron chi connectivity index (χ1n) is 8.47. The lowest BCUT2D eigenvalue weighted by atomic mass is 10.2. The van der Waals surface area contributed by atoms with Crippen LogP contribution in [-0.2, 0) is 17.9 Å². The van der Waals surface area contributed by atoms with Crippen molar-refractivity contribution >= 4 is 11.9 Å². The van der Waals surface area contributed by atoms with Crippen molar-refractivity contribution in [2.24, 2.45) is 4.99 Å². The van der Waals surface area contributed by atoms with Gasteiger partial charge in [0.1, 0.15) is 5.75 Å². The number of hydrogen-bond acceptors (Lipinski definition) is 3. The molecule has 0 unspecified atom stereocenters. The zero-order valence-corrected chi connectivity index (χ0v) is 15.5. The minimum atomic E-state index is -0.0133. The van der Waals surface area contributed by atoms with Crippen LogP contribution < -0.4 is 15.4 Å². The number of methoxy groups -OCH3 is 1. The summed E-state index contributed by atoms with van der Waals surface area (Å²) in [6, 6.07) is 17.8. The van der Waals surface area contributed by atoms with Gasteiger partial charge in [0.25, 0.3) is 0 Å². The lowest BCUT2D eigenvalue weighted by Gasteiger charge is -2.15. The minimum absolute atomic E-state index is 0.0133. The van der Waals surface area contributed by atoms with E-state index in [9.17, 15) is 4.79 Å². The van der Waals surface area contributed by atoms with Crippen LogP contribution in [0.1, 0.15) is 11.1 Å². The van der Waals surface area contributed by atoms with E-state index in [1.54, 1.807) is 26.1 Å². The van der Waals surface area contributed by atoms with Crippen molar-refractivity contribution in [2.75, 3.05) is 27.7 Å². The molecule has 0 aliphatic carbocycles. The molecule has 0 aliphatic rings. The number of guanidine groups is 1. The summed E-state index contributed by atoms with van der Waals surface area (Å²) >= 11 is 0. The van der Waals surface area contributed by atoms with Crippen molar-refractivity contribution in [3.8, 4) is 5.75 Å². The molecule has 0 atom stereocenters. The Bertz CT molecular complexity index is 730.